The number of esters is 1. The molecule has 0 bridgehead atoms. The smallest absolute Gasteiger partial charge is 0.329 e. The topological polar surface area (TPSA) is 98.5 Å². The van der Waals surface area contributed by atoms with E-state index in [1.165, 1.54) is 24.3 Å². The van der Waals surface area contributed by atoms with Gasteiger partial charge in [0.15, 0.2) is 11.6 Å². The van der Waals surface area contributed by atoms with Crippen LogP contribution in [-0.4, -0.2) is 22.8 Å². The number of nitrogens with one attached hydrogen (secondary N) is 1. The van der Waals surface area contributed by atoms with Crippen molar-refractivity contribution >= 4 is 29.2 Å². The summed E-state index contributed by atoms with van der Waals surface area (Å²) in [6.07, 6.45) is 0. The highest BCUT2D eigenvalue weighted by Gasteiger charge is 2.27. The average molecular weight is 427 g/mol. The number of rotatable bonds is 7. The fraction of sp³-hybridized carbons (Fsp3) is 0.263. The van der Waals surface area contributed by atoms with Crippen LogP contribution in [0, 0.1) is 27.7 Å². The molecule has 1 N–H and O–H groups in total. The molecule has 0 spiro atoms. The molecule has 1 atom stereocenters. The summed E-state index contributed by atoms with van der Waals surface area (Å²) in [5, 5.41) is 13.3. The molecule has 0 aliphatic carbocycles. The summed E-state index contributed by atoms with van der Waals surface area (Å²) in [6.45, 7) is 2.76. The Labute approximate surface area is 169 Å². The minimum Gasteiger partial charge on any atom is -0.459 e. The second kappa shape index (κ2) is 9.42. The second-order valence-electron chi connectivity index (χ2n) is 6.44. The predicted octanol–water partition coefficient (Wildman–Crippen LogP) is 4.02. The van der Waals surface area contributed by atoms with E-state index in [1.807, 2.05) is 0 Å². The lowest BCUT2D eigenvalue weighted by atomic mass is 10.0. The van der Waals surface area contributed by atoms with Crippen LogP contribution in [0.4, 0.5) is 14.5 Å². The number of nitrogens with zero attached hydrogens (tertiary/aromatic N) is 1. The first-order valence-corrected chi connectivity index (χ1v) is 8.84. The zero-order chi connectivity index (χ0) is 21.7. The maximum absolute atomic E-state index is 13.7. The van der Waals surface area contributed by atoms with Gasteiger partial charge in [0.1, 0.15) is 17.7 Å². The standard InChI is InChI=1S/C19H17ClF2N2O5/c1-10(2)17(19(26)29-9-12-4-3-5-14(21)16(12)22)23-18(25)11-6-7-13(20)15(8-11)24(27)28/h3-8,10,17H,9H2,1-2H3,(H,23,25)/t17-/m0/s1. The van der Waals surface area contributed by atoms with Gasteiger partial charge in [0.05, 0.1) is 4.92 Å². The summed E-state index contributed by atoms with van der Waals surface area (Å²) in [5.41, 5.74) is -0.680. The van der Waals surface area contributed by atoms with E-state index < -0.39 is 52.7 Å². The lowest BCUT2D eigenvalue weighted by Gasteiger charge is -2.21. The molecule has 0 radical (unpaired) electrons. The van der Waals surface area contributed by atoms with E-state index >= 15 is 0 Å². The van der Waals surface area contributed by atoms with Crippen LogP contribution < -0.4 is 5.32 Å². The van der Waals surface area contributed by atoms with Gasteiger partial charge in [-0.15, -0.1) is 0 Å². The molecule has 29 heavy (non-hydrogen) atoms. The van der Waals surface area contributed by atoms with Crippen LogP contribution in [0.1, 0.15) is 29.8 Å². The highest BCUT2D eigenvalue weighted by molar-refractivity contribution is 6.32. The van der Waals surface area contributed by atoms with Crippen molar-refractivity contribution in [1.82, 2.24) is 5.32 Å². The second-order valence-corrected chi connectivity index (χ2v) is 6.85. The first-order chi connectivity index (χ1) is 13.6. The molecule has 0 heterocycles. The van der Waals surface area contributed by atoms with E-state index in [0.29, 0.717) is 0 Å². The monoisotopic (exact) mass is 426 g/mol. The number of halogens is 3. The van der Waals surface area contributed by atoms with Gasteiger partial charge >= 0.3 is 5.97 Å². The van der Waals surface area contributed by atoms with Crippen molar-refractivity contribution in [3.8, 4) is 0 Å². The number of amides is 1. The van der Waals surface area contributed by atoms with Crippen molar-refractivity contribution in [2.45, 2.75) is 26.5 Å². The van der Waals surface area contributed by atoms with Crippen LogP contribution in [0.25, 0.3) is 0 Å². The fourth-order valence-corrected chi connectivity index (χ4v) is 2.60. The molecule has 0 fully saturated rings. The molecule has 0 aromatic heterocycles. The van der Waals surface area contributed by atoms with Crippen molar-refractivity contribution in [2.24, 2.45) is 5.92 Å². The summed E-state index contributed by atoms with van der Waals surface area (Å²) in [6, 6.07) is 5.82. The lowest BCUT2D eigenvalue weighted by molar-refractivity contribution is -0.384. The first kappa shape index (κ1) is 22.2. The number of hydrogen-bond donors (Lipinski definition) is 1. The summed E-state index contributed by atoms with van der Waals surface area (Å²) < 4.78 is 31.9. The predicted molar refractivity (Wildman–Crippen MR) is 100 cm³/mol. The Bertz CT molecular complexity index is 952. The number of benzene rings is 2. The molecular weight excluding hydrogens is 410 g/mol. The molecule has 154 valence electrons. The van der Waals surface area contributed by atoms with Gasteiger partial charge < -0.3 is 10.1 Å². The SMILES string of the molecule is CC(C)[C@H](NC(=O)c1ccc(Cl)c([N+](=O)[O-])c1)C(=O)OCc1cccc(F)c1F. The summed E-state index contributed by atoms with van der Waals surface area (Å²) >= 11 is 5.72. The molecule has 0 aliphatic heterocycles. The molecule has 10 heteroatoms. The molecule has 0 unspecified atom stereocenters. The number of ether oxygens (including phenoxy) is 1. The van der Waals surface area contributed by atoms with Gasteiger partial charge in [-0.2, -0.15) is 0 Å². The van der Waals surface area contributed by atoms with Crippen LogP contribution in [0.2, 0.25) is 5.02 Å². The quantitative estimate of drug-likeness (QED) is 0.409. The number of carbonyl (C=O) groups is 2. The van der Waals surface area contributed by atoms with E-state index in [0.717, 1.165) is 12.1 Å². The van der Waals surface area contributed by atoms with Gasteiger partial charge in [-0.1, -0.05) is 37.6 Å². The minimum atomic E-state index is -1.13. The van der Waals surface area contributed by atoms with Crippen molar-refractivity contribution in [3.05, 3.63) is 74.3 Å². The third-order valence-corrected chi connectivity index (χ3v) is 4.33. The van der Waals surface area contributed by atoms with Gasteiger partial charge in [0.25, 0.3) is 11.6 Å². The molecule has 0 saturated heterocycles. The molecule has 1 amide bonds. The lowest BCUT2D eigenvalue weighted by Crippen LogP contribution is -2.45. The van der Waals surface area contributed by atoms with Crippen molar-refractivity contribution in [1.29, 1.82) is 0 Å². The average Bonchev–Trinajstić information content (AvgIpc) is 2.66. The molecule has 0 aliphatic rings. The Morgan fingerprint density at radius 3 is 2.55 bits per heavy atom. The van der Waals surface area contributed by atoms with E-state index in [4.69, 9.17) is 16.3 Å². The number of hydrogen-bond acceptors (Lipinski definition) is 5. The van der Waals surface area contributed by atoms with E-state index in [2.05, 4.69) is 5.32 Å². The number of carbonyl (C=O) groups excluding carboxylic acids is 2. The zero-order valence-electron chi connectivity index (χ0n) is 15.4. The van der Waals surface area contributed by atoms with E-state index in [1.54, 1.807) is 13.8 Å². The highest BCUT2D eigenvalue weighted by Crippen LogP contribution is 2.25. The molecular formula is C19H17ClF2N2O5. The summed E-state index contributed by atoms with van der Waals surface area (Å²) in [4.78, 5) is 35.0. The molecule has 0 saturated carbocycles. The van der Waals surface area contributed by atoms with Crippen molar-refractivity contribution in [2.75, 3.05) is 0 Å². The normalized spacial score (nSPS) is 11.8. The van der Waals surface area contributed by atoms with Crippen LogP contribution in [0.15, 0.2) is 36.4 Å². The van der Waals surface area contributed by atoms with Crippen molar-refractivity contribution in [3.63, 3.8) is 0 Å². The Hall–Kier alpha value is -3.07. The van der Waals surface area contributed by atoms with E-state index in [-0.39, 0.29) is 16.1 Å². The van der Waals surface area contributed by atoms with Crippen LogP contribution in [0.3, 0.4) is 0 Å². The van der Waals surface area contributed by atoms with Crippen molar-refractivity contribution < 1.29 is 28.0 Å². The number of nitro benzene ring substituents is 1. The third kappa shape index (κ3) is 5.47. The fourth-order valence-electron chi connectivity index (χ4n) is 2.41. The maximum atomic E-state index is 13.7. The Morgan fingerprint density at radius 1 is 1.24 bits per heavy atom. The minimum absolute atomic E-state index is 0.0734. The van der Waals surface area contributed by atoms with Gasteiger partial charge in [-0.05, 0) is 24.1 Å². The first-order valence-electron chi connectivity index (χ1n) is 8.46. The van der Waals surface area contributed by atoms with Gasteiger partial charge in [0.2, 0.25) is 0 Å². The molecule has 2 aromatic carbocycles. The largest absolute Gasteiger partial charge is 0.459 e. The Morgan fingerprint density at radius 2 is 1.93 bits per heavy atom. The van der Waals surface area contributed by atoms with Gasteiger partial charge in [-0.25, -0.2) is 13.6 Å². The van der Waals surface area contributed by atoms with Gasteiger partial charge in [-0.3, -0.25) is 14.9 Å². The van der Waals surface area contributed by atoms with E-state index in [9.17, 15) is 28.5 Å². The Balaban J connectivity index is 2.12. The van der Waals surface area contributed by atoms with Gasteiger partial charge in [0, 0.05) is 17.2 Å². The molecule has 7 nitrogen and oxygen atoms in total. The Kier molecular flexibility index (Phi) is 7.22. The molecule has 2 aromatic rings. The third-order valence-electron chi connectivity index (χ3n) is 4.01. The summed E-state index contributed by atoms with van der Waals surface area (Å²) in [7, 11) is 0. The zero-order valence-corrected chi connectivity index (χ0v) is 16.2. The van der Waals surface area contributed by atoms with Crippen LogP contribution in [-0.2, 0) is 16.1 Å². The number of nitro groups is 1. The highest BCUT2D eigenvalue weighted by atomic mass is 35.5. The van der Waals surface area contributed by atoms with Crippen LogP contribution in [0.5, 0.6) is 0 Å². The summed E-state index contributed by atoms with van der Waals surface area (Å²) in [5.74, 6) is -4.22. The maximum Gasteiger partial charge on any atom is 0.329 e. The van der Waals surface area contributed by atoms with Crippen LogP contribution >= 0.6 is 11.6 Å². The molecule has 2 rings (SSSR count).